The minimum absolute atomic E-state index is 0.589. The molecule has 0 spiro atoms. The first-order chi connectivity index (χ1) is 24.6. The van der Waals surface area contributed by atoms with E-state index in [0.29, 0.717) is 11.8 Å². The Hall–Kier alpha value is -5.74. The number of benzene rings is 5. The molecule has 5 aromatic carbocycles. The molecule has 4 heteroatoms. The Bertz CT molecular complexity index is 2350. The second-order valence-electron chi connectivity index (χ2n) is 14.3. The van der Waals surface area contributed by atoms with E-state index in [1.54, 1.807) is 0 Å². The van der Waals surface area contributed by atoms with Gasteiger partial charge < -0.3 is 4.74 Å². The van der Waals surface area contributed by atoms with Crippen molar-refractivity contribution in [2.75, 3.05) is 0 Å². The molecular formula is C46H37N3O. The molecule has 0 amide bonds. The standard InChI is InChI=1S/C46H37N3O/c1-29-11-9-12-30(2)44(29)33-24-35(49-28-40-31-20-21-32(23-31)45(40)48-49)27-37(25-33)50-36-14-10-13-34(26-36)46(43-19-7-8-22-47-43)41-17-5-3-15-38(41)39-16-4-6-18-42(39)46/h3-19,22,24-28,31-32H,20-21,23H2,1-2H3/t31-,32+/m0/s1. The Labute approximate surface area is 293 Å². The van der Waals surface area contributed by atoms with Crippen molar-refractivity contribution < 1.29 is 4.74 Å². The summed E-state index contributed by atoms with van der Waals surface area (Å²) in [7, 11) is 0. The first-order valence-electron chi connectivity index (χ1n) is 17.8. The molecule has 10 rings (SSSR count). The van der Waals surface area contributed by atoms with Gasteiger partial charge in [-0.05, 0) is 131 Å². The monoisotopic (exact) mass is 647 g/mol. The van der Waals surface area contributed by atoms with Gasteiger partial charge in [0.1, 0.15) is 11.5 Å². The van der Waals surface area contributed by atoms with E-state index in [1.165, 1.54) is 69.5 Å². The van der Waals surface area contributed by atoms with Crippen molar-refractivity contribution in [1.29, 1.82) is 0 Å². The molecule has 1 fully saturated rings. The van der Waals surface area contributed by atoms with Gasteiger partial charge >= 0.3 is 0 Å². The van der Waals surface area contributed by atoms with Gasteiger partial charge in [0.15, 0.2) is 0 Å². The van der Waals surface area contributed by atoms with Crippen LogP contribution in [0.2, 0.25) is 0 Å². The van der Waals surface area contributed by atoms with Crippen LogP contribution >= 0.6 is 0 Å². The molecule has 0 N–H and O–H groups in total. The van der Waals surface area contributed by atoms with Gasteiger partial charge in [-0.3, -0.25) is 4.98 Å². The Morgan fingerprint density at radius 1 is 0.680 bits per heavy atom. The maximum Gasteiger partial charge on any atom is 0.130 e. The van der Waals surface area contributed by atoms with Crippen molar-refractivity contribution in [3.63, 3.8) is 0 Å². The number of hydrogen-bond acceptors (Lipinski definition) is 3. The van der Waals surface area contributed by atoms with Crippen LogP contribution in [0.25, 0.3) is 27.9 Å². The van der Waals surface area contributed by atoms with E-state index in [-0.39, 0.29) is 0 Å². The first-order valence-corrected chi connectivity index (χ1v) is 17.8. The van der Waals surface area contributed by atoms with E-state index in [0.717, 1.165) is 34.0 Å². The molecule has 2 aromatic heterocycles. The summed E-state index contributed by atoms with van der Waals surface area (Å²) >= 11 is 0. The molecule has 0 radical (unpaired) electrons. The van der Waals surface area contributed by atoms with E-state index in [2.05, 4.69) is 146 Å². The van der Waals surface area contributed by atoms with Crippen LogP contribution in [-0.2, 0) is 5.41 Å². The van der Waals surface area contributed by atoms with Gasteiger partial charge in [-0.2, -0.15) is 5.10 Å². The molecule has 3 aliphatic rings. The van der Waals surface area contributed by atoms with E-state index in [4.69, 9.17) is 14.8 Å². The zero-order chi connectivity index (χ0) is 33.4. The van der Waals surface area contributed by atoms with Crippen molar-refractivity contribution in [2.45, 2.75) is 50.4 Å². The minimum Gasteiger partial charge on any atom is -0.457 e. The van der Waals surface area contributed by atoms with E-state index < -0.39 is 5.41 Å². The molecule has 2 heterocycles. The molecule has 242 valence electrons. The normalized spacial score (nSPS) is 17.7. The maximum atomic E-state index is 6.91. The molecular weight excluding hydrogens is 611 g/mol. The Kier molecular flexibility index (Phi) is 6.51. The predicted molar refractivity (Wildman–Crippen MR) is 199 cm³/mol. The summed E-state index contributed by atoms with van der Waals surface area (Å²) < 4.78 is 9.01. The number of rotatable bonds is 6. The number of pyridine rings is 1. The van der Waals surface area contributed by atoms with Crippen LogP contribution in [0.5, 0.6) is 11.5 Å². The highest BCUT2D eigenvalue weighted by atomic mass is 16.5. The van der Waals surface area contributed by atoms with Crippen LogP contribution in [0.15, 0.2) is 140 Å². The van der Waals surface area contributed by atoms with Crippen LogP contribution in [0.1, 0.15) is 75.9 Å². The number of nitrogens with zero attached hydrogens (tertiary/aromatic N) is 3. The summed E-state index contributed by atoms with van der Waals surface area (Å²) in [5.41, 5.74) is 15.1. The smallest absolute Gasteiger partial charge is 0.130 e. The van der Waals surface area contributed by atoms with Gasteiger partial charge in [0.25, 0.3) is 0 Å². The Morgan fingerprint density at radius 2 is 1.40 bits per heavy atom. The van der Waals surface area contributed by atoms with Crippen molar-refractivity contribution in [2.24, 2.45) is 0 Å². The number of ether oxygens (including phenoxy) is 1. The SMILES string of the molecule is Cc1cccc(C)c1-c1cc(Oc2cccc(C3(c4ccccn4)c4ccccc4-c4ccccc43)c2)cc(-n2cc3c(n2)[C@@H]2CC[C@H]3C2)c1. The number of aromatic nitrogens is 3. The Morgan fingerprint density at radius 3 is 2.14 bits per heavy atom. The third kappa shape index (κ3) is 4.31. The lowest BCUT2D eigenvalue weighted by molar-refractivity contribution is 0.480. The number of aryl methyl sites for hydroxylation is 2. The van der Waals surface area contributed by atoms with Crippen molar-refractivity contribution in [1.82, 2.24) is 14.8 Å². The van der Waals surface area contributed by atoms with E-state index in [1.807, 2.05) is 12.3 Å². The average Bonchev–Trinajstić information content (AvgIpc) is 3.93. The lowest BCUT2D eigenvalue weighted by Gasteiger charge is -2.32. The molecule has 4 nitrogen and oxygen atoms in total. The zero-order valence-corrected chi connectivity index (χ0v) is 28.3. The fourth-order valence-corrected chi connectivity index (χ4v) is 9.35. The molecule has 0 unspecified atom stereocenters. The van der Waals surface area contributed by atoms with Crippen LogP contribution in [-0.4, -0.2) is 14.8 Å². The molecule has 0 saturated heterocycles. The van der Waals surface area contributed by atoms with Gasteiger partial charge in [-0.1, -0.05) is 84.9 Å². The summed E-state index contributed by atoms with van der Waals surface area (Å²) in [5, 5.41) is 5.18. The molecule has 0 aliphatic heterocycles. The third-order valence-electron chi connectivity index (χ3n) is 11.5. The minimum atomic E-state index is -0.589. The highest BCUT2D eigenvalue weighted by Crippen LogP contribution is 2.56. The van der Waals surface area contributed by atoms with Gasteiger partial charge in [0.05, 0.1) is 22.5 Å². The molecule has 1 saturated carbocycles. The average molecular weight is 648 g/mol. The lowest BCUT2D eigenvalue weighted by Crippen LogP contribution is -2.29. The summed E-state index contributed by atoms with van der Waals surface area (Å²) in [5.74, 6) is 2.83. The first kappa shape index (κ1) is 29.2. The molecule has 3 aliphatic carbocycles. The van der Waals surface area contributed by atoms with E-state index >= 15 is 0 Å². The summed E-state index contributed by atoms with van der Waals surface area (Å²) in [4.78, 5) is 5.01. The molecule has 50 heavy (non-hydrogen) atoms. The molecule has 7 aromatic rings. The fourth-order valence-electron chi connectivity index (χ4n) is 9.35. The summed E-state index contributed by atoms with van der Waals surface area (Å²) in [6.07, 6.45) is 7.99. The highest BCUT2D eigenvalue weighted by Gasteiger charge is 2.47. The van der Waals surface area contributed by atoms with Gasteiger partial charge in [-0.15, -0.1) is 0 Å². The molecule has 2 atom stereocenters. The van der Waals surface area contributed by atoms with E-state index in [9.17, 15) is 0 Å². The highest BCUT2D eigenvalue weighted by molar-refractivity contribution is 5.86. The third-order valence-corrected chi connectivity index (χ3v) is 11.5. The summed E-state index contributed by atoms with van der Waals surface area (Å²) in [6.45, 7) is 4.38. The summed E-state index contributed by atoms with van der Waals surface area (Å²) in [6, 6.07) is 45.4. The van der Waals surface area contributed by atoms with Crippen LogP contribution < -0.4 is 4.74 Å². The van der Waals surface area contributed by atoms with Crippen molar-refractivity contribution >= 4 is 0 Å². The molecule has 2 bridgehead atoms. The van der Waals surface area contributed by atoms with Gasteiger partial charge in [-0.25, -0.2) is 4.68 Å². The van der Waals surface area contributed by atoms with Crippen LogP contribution in [0.4, 0.5) is 0 Å². The Balaban J connectivity index is 1.12. The topological polar surface area (TPSA) is 39.9 Å². The maximum absolute atomic E-state index is 6.91. The quantitative estimate of drug-likeness (QED) is 0.180. The number of fused-ring (bicyclic) bond motifs is 8. The zero-order valence-electron chi connectivity index (χ0n) is 28.3. The fraction of sp³-hybridized carbons (Fsp3) is 0.174. The lowest BCUT2D eigenvalue weighted by atomic mass is 9.70. The van der Waals surface area contributed by atoms with Crippen LogP contribution in [0, 0.1) is 13.8 Å². The van der Waals surface area contributed by atoms with Crippen molar-refractivity contribution in [3.05, 3.63) is 185 Å². The predicted octanol–water partition coefficient (Wildman–Crippen LogP) is 11.1. The number of hydrogen-bond donors (Lipinski definition) is 0. The van der Waals surface area contributed by atoms with Crippen molar-refractivity contribution in [3.8, 4) is 39.4 Å². The second-order valence-corrected chi connectivity index (χ2v) is 14.3. The largest absolute Gasteiger partial charge is 0.457 e. The van der Waals surface area contributed by atoms with Gasteiger partial charge in [0.2, 0.25) is 0 Å². The van der Waals surface area contributed by atoms with Gasteiger partial charge in [0, 0.05) is 24.4 Å². The second kappa shape index (κ2) is 11.1. The van der Waals surface area contributed by atoms with Crippen LogP contribution in [0.3, 0.4) is 0 Å².